The van der Waals surface area contributed by atoms with E-state index in [9.17, 15) is 0 Å². The third-order valence-electron chi connectivity index (χ3n) is 2.51. The van der Waals surface area contributed by atoms with Crippen LogP contribution in [0, 0.1) is 6.92 Å². The van der Waals surface area contributed by atoms with Crippen LogP contribution in [0.1, 0.15) is 16.7 Å². The molecule has 0 bridgehead atoms. The van der Waals surface area contributed by atoms with Gasteiger partial charge in [0.15, 0.2) is 0 Å². The Morgan fingerprint density at radius 3 is 2.27 bits per heavy atom. The van der Waals surface area contributed by atoms with Crippen LogP contribution in [-0.4, -0.2) is 16.0 Å². The Bertz CT molecular complexity index is 443. The van der Waals surface area contributed by atoms with E-state index >= 15 is 0 Å². The van der Waals surface area contributed by atoms with Crippen LogP contribution in [0.3, 0.4) is 0 Å². The molecule has 0 aliphatic carbocycles. The molecule has 0 atom stereocenters. The van der Waals surface area contributed by atoms with E-state index in [1.54, 1.807) is 0 Å². The molecule has 0 N–H and O–H groups in total. The third-order valence-corrected chi connectivity index (χ3v) is 3.42. The predicted molar refractivity (Wildman–Crippen MR) is 67.2 cm³/mol. The first kappa shape index (κ1) is 10.5. The molecule has 1 heteroatoms. The fraction of sp³-hybridized carbons (Fsp3) is 0.143. The first-order valence-corrected chi connectivity index (χ1v) is 6.02. The summed E-state index contributed by atoms with van der Waals surface area (Å²) in [6.45, 7) is 2.12. The van der Waals surface area contributed by atoms with Crippen LogP contribution in [0.2, 0.25) is 0 Å². The maximum absolute atomic E-state index is 2.64. The van der Waals surface area contributed by atoms with Crippen molar-refractivity contribution >= 4 is 20.5 Å². The number of benzene rings is 2. The standard InChI is InChI=1S/C14H14Se/c1-11-6-8-12(9-7-11)10-13-4-2-3-5-14(13)15/h2-9,15H,10H2,1H3. The Balaban J connectivity index is 2.22. The minimum atomic E-state index is 1.02. The first-order valence-electron chi connectivity index (χ1n) is 5.08. The van der Waals surface area contributed by atoms with Crippen LogP contribution in [0.4, 0.5) is 0 Å². The molecule has 0 saturated heterocycles. The van der Waals surface area contributed by atoms with Gasteiger partial charge in [-0.05, 0) is 0 Å². The van der Waals surface area contributed by atoms with Gasteiger partial charge >= 0.3 is 99.0 Å². The van der Waals surface area contributed by atoms with Crippen molar-refractivity contribution in [3.05, 3.63) is 65.2 Å². The number of aryl methyl sites for hydroxylation is 1. The van der Waals surface area contributed by atoms with Crippen LogP contribution in [-0.2, 0) is 6.42 Å². The molecule has 2 aromatic carbocycles. The molecule has 15 heavy (non-hydrogen) atoms. The predicted octanol–water partition coefficient (Wildman–Crippen LogP) is 2.11. The van der Waals surface area contributed by atoms with Crippen molar-refractivity contribution in [2.75, 3.05) is 0 Å². The summed E-state index contributed by atoms with van der Waals surface area (Å²) in [7, 11) is 0. The van der Waals surface area contributed by atoms with E-state index in [-0.39, 0.29) is 0 Å². The average Bonchev–Trinajstić information content (AvgIpc) is 2.25. The van der Waals surface area contributed by atoms with Gasteiger partial charge < -0.3 is 0 Å². The summed E-state index contributed by atoms with van der Waals surface area (Å²) in [5, 5.41) is 0. The monoisotopic (exact) mass is 262 g/mol. The van der Waals surface area contributed by atoms with Gasteiger partial charge in [0.2, 0.25) is 0 Å². The molecule has 0 amide bonds. The molecule has 2 aromatic rings. The molecule has 0 radical (unpaired) electrons. The molecule has 0 saturated carbocycles. The van der Waals surface area contributed by atoms with Crippen molar-refractivity contribution in [2.24, 2.45) is 0 Å². The summed E-state index contributed by atoms with van der Waals surface area (Å²) >= 11 is 2.64. The molecule has 0 heterocycles. The van der Waals surface area contributed by atoms with Crippen LogP contribution >= 0.6 is 0 Å². The Hall–Kier alpha value is -1.04. The molecule has 0 unspecified atom stereocenters. The molecular formula is C14H14Se. The Morgan fingerprint density at radius 2 is 1.60 bits per heavy atom. The van der Waals surface area contributed by atoms with Crippen LogP contribution < -0.4 is 4.46 Å². The van der Waals surface area contributed by atoms with Crippen molar-refractivity contribution in [1.29, 1.82) is 0 Å². The quantitative estimate of drug-likeness (QED) is 0.726. The van der Waals surface area contributed by atoms with Gasteiger partial charge in [0.25, 0.3) is 0 Å². The van der Waals surface area contributed by atoms with Crippen molar-refractivity contribution in [1.82, 2.24) is 0 Å². The van der Waals surface area contributed by atoms with Gasteiger partial charge in [0, 0.05) is 0 Å². The number of hydrogen-bond donors (Lipinski definition) is 0. The second-order valence-electron chi connectivity index (χ2n) is 3.79. The normalized spacial score (nSPS) is 10.3. The molecule has 0 aromatic heterocycles. The van der Waals surface area contributed by atoms with Crippen molar-refractivity contribution in [3.8, 4) is 0 Å². The van der Waals surface area contributed by atoms with E-state index in [0.717, 1.165) is 6.42 Å². The summed E-state index contributed by atoms with van der Waals surface area (Å²) in [4.78, 5) is 0. The zero-order valence-corrected chi connectivity index (χ0v) is 10.6. The van der Waals surface area contributed by atoms with Gasteiger partial charge in [-0.3, -0.25) is 0 Å². The van der Waals surface area contributed by atoms with E-state index in [0.29, 0.717) is 0 Å². The molecule has 0 fully saturated rings. The topological polar surface area (TPSA) is 0 Å². The summed E-state index contributed by atoms with van der Waals surface area (Å²) < 4.78 is 1.31. The van der Waals surface area contributed by atoms with E-state index in [4.69, 9.17) is 0 Å². The van der Waals surface area contributed by atoms with E-state index in [1.165, 1.54) is 21.2 Å². The van der Waals surface area contributed by atoms with Gasteiger partial charge in [-0.1, -0.05) is 0 Å². The average molecular weight is 261 g/mol. The Kier molecular flexibility index (Phi) is 3.25. The van der Waals surface area contributed by atoms with Crippen LogP contribution in [0.15, 0.2) is 48.5 Å². The Morgan fingerprint density at radius 1 is 0.933 bits per heavy atom. The zero-order chi connectivity index (χ0) is 10.7. The van der Waals surface area contributed by atoms with Crippen molar-refractivity contribution in [2.45, 2.75) is 13.3 Å². The Labute approximate surface area is 99.2 Å². The van der Waals surface area contributed by atoms with Crippen molar-refractivity contribution < 1.29 is 0 Å². The summed E-state index contributed by atoms with van der Waals surface area (Å²) in [5.41, 5.74) is 4.08. The van der Waals surface area contributed by atoms with Crippen molar-refractivity contribution in [3.63, 3.8) is 0 Å². The molecule has 76 valence electrons. The van der Waals surface area contributed by atoms with Gasteiger partial charge in [0.05, 0.1) is 0 Å². The fourth-order valence-corrected chi connectivity index (χ4v) is 2.09. The molecule has 0 aliphatic heterocycles. The summed E-state index contributed by atoms with van der Waals surface area (Å²) in [6, 6.07) is 17.2. The molecule has 0 spiro atoms. The van der Waals surface area contributed by atoms with Gasteiger partial charge in [-0.2, -0.15) is 0 Å². The maximum atomic E-state index is 2.64. The first-order chi connectivity index (χ1) is 7.25. The van der Waals surface area contributed by atoms with E-state index in [1.807, 2.05) is 0 Å². The second-order valence-corrected chi connectivity index (χ2v) is 4.80. The summed E-state index contributed by atoms with van der Waals surface area (Å²) in [6.07, 6.45) is 1.02. The SMILES string of the molecule is Cc1ccc(Cc2ccccc2[SeH])cc1. The number of hydrogen-bond acceptors (Lipinski definition) is 0. The van der Waals surface area contributed by atoms with Gasteiger partial charge in [-0.15, -0.1) is 0 Å². The number of rotatable bonds is 2. The van der Waals surface area contributed by atoms with Crippen LogP contribution in [0.5, 0.6) is 0 Å². The fourth-order valence-electron chi connectivity index (χ4n) is 1.59. The van der Waals surface area contributed by atoms with E-state index in [2.05, 4.69) is 71.5 Å². The van der Waals surface area contributed by atoms with Gasteiger partial charge in [0.1, 0.15) is 0 Å². The molecular weight excluding hydrogens is 247 g/mol. The third kappa shape index (κ3) is 2.71. The van der Waals surface area contributed by atoms with E-state index < -0.39 is 0 Å². The minimum absolute atomic E-state index is 1.02. The van der Waals surface area contributed by atoms with Gasteiger partial charge in [-0.25, -0.2) is 0 Å². The molecule has 2 rings (SSSR count). The summed E-state index contributed by atoms with van der Waals surface area (Å²) in [5.74, 6) is 0. The van der Waals surface area contributed by atoms with Crippen LogP contribution in [0.25, 0.3) is 0 Å². The second kappa shape index (κ2) is 4.65. The molecule has 0 aliphatic rings. The zero-order valence-electron chi connectivity index (χ0n) is 8.77. The molecule has 0 nitrogen and oxygen atoms in total.